The maximum Gasteiger partial charge on any atom is 0.573 e. The second-order valence-electron chi connectivity index (χ2n) is 6.16. The number of aromatic nitrogens is 3. The molecule has 0 spiro atoms. The molecular weight excluding hydrogens is 421 g/mol. The van der Waals surface area contributed by atoms with Gasteiger partial charge in [0.2, 0.25) is 5.78 Å². The van der Waals surface area contributed by atoms with Crippen LogP contribution in [0.2, 0.25) is 0 Å². The van der Waals surface area contributed by atoms with E-state index in [1.54, 1.807) is 47.1 Å². The third-order valence-corrected chi connectivity index (χ3v) is 5.43. The van der Waals surface area contributed by atoms with Crippen molar-refractivity contribution in [1.29, 1.82) is 0 Å². The van der Waals surface area contributed by atoms with Crippen LogP contribution in [0.25, 0.3) is 17.0 Å². The Kier molecular flexibility index (Phi) is 4.82. The fourth-order valence-corrected chi connectivity index (χ4v) is 3.77. The van der Waals surface area contributed by atoms with Crippen molar-refractivity contribution in [3.8, 4) is 17.0 Å². The number of anilines is 1. The van der Waals surface area contributed by atoms with Crippen LogP contribution in [0.4, 0.5) is 18.9 Å². The summed E-state index contributed by atoms with van der Waals surface area (Å²) >= 11 is 0. The van der Waals surface area contributed by atoms with Crippen molar-refractivity contribution in [3.63, 3.8) is 0 Å². The molecule has 0 radical (unpaired) electrons. The van der Waals surface area contributed by atoms with Crippen LogP contribution in [-0.4, -0.2) is 29.1 Å². The number of rotatable bonds is 5. The molecule has 0 saturated heterocycles. The number of ether oxygens (including phenoxy) is 1. The maximum absolute atomic E-state index is 12.5. The summed E-state index contributed by atoms with van der Waals surface area (Å²) < 4.78 is 69.5. The third kappa shape index (κ3) is 4.35. The van der Waals surface area contributed by atoms with E-state index in [2.05, 4.69) is 19.4 Å². The summed E-state index contributed by atoms with van der Waals surface area (Å²) in [7, 11) is -3.99. The van der Waals surface area contributed by atoms with Gasteiger partial charge < -0.3 is 4.74 Å². The molecule has 0 saturated carbocycles. The lowest BCUT2D eigenvalue weighted by atomic mass is 10.1. The predicted molar refractivity (Wildman–Crippen MR) is 102 cm³/mol. The molecule has 0 fully saturated rings. The van der Waals surface area contributed by atoms with Crippen molar-refractivity contribution in [2.75, 3.05) is 4.72 Å². The zero-order valence-electron chi connectivity index (χ0n) is 15.0. The zero-order valence-corrected chi connectivity index (χ0v) is 15.9. The highest BCUT2D eigenvalue weighted by Gasteiger charge is 2.31. The molecule has 2 heterocycles. The van der Waals surface area contributed by atoms with Crippen LogP contribution in [0, 0.1) is 0 Å². The number of nitrogens with zero attached hydrogens (tertiary/aromatic N) is 3. The summed E-state index contributed by atoms with van der Waals surface area (Å²) in [5.41, 5.74) is 1.72. The normalized spacial score (nSPS) is 12.1. The summed E-state index contributed by atoms with van der Waals surface area (Å²) in [5, 5.41) is 0. The van der Waals surface area contributed by atoms with Crippen LogP contribution in [0.5, 0.6) is 5.75 Å². The molecular formula is C19H13F3N4O3S. The molecule has 0 aliphatic carbocycles. The van der Waals surface area contributed by atoms with Gasteiger partial charge in [0.05, 0.1) is 10.6 Å². The molecule has 154 valence electrons. The van der Waals surface area contributed by atoms with Crippen molar-refractivity contribution in [1.82, 2.24) is 14.4 Å². The van der Waals surface area contributed by atoms with Gasteiger partial charge in [-0.25, -0.2) is 18.4 Å². The van der Waals surface area contributed by atoms with Crippen molar-refractivity contribution in [2.24, 2.45) is 0 Å². The van der Waals surface area contributed by atoms with E-state index in [4.69, 9.17) is 0 Å². The first-order valence-corrected chi connectivity index (χ1v) is 9.97. The van der Waals surface area contributed by atoms with Crippen molar-refractivity contribution in [3.05, 3.63) is 73.2 Å². The number of benzene rings is 2. The van der Waals surface area contributed by atoms with E-state index in [0.29, 0.717) is 11.5 Å². The van der Waals surface area contributed by atoms with Gasteiger partial charge in [0.25, 0.3) is 10.0 Å². The van der Waals surface area contributed by atoms with E-state index in [0.717, 1.165) is 29.8 Å². The number of alkyl halides is 3. The van der Waals surface area contributed by atoms with E-state index in [1.807, 2.05) is 6.20 Å². The molecule has 4 aromatic rings. The van der Waals surface area contributed by atoms with Gasteiger partial charge in [0.15, 0.2) is 0 Å². The molecule has 4 rings (SSSR count). The highest BCUT2D eigenvalue weighted by Crippen LogP contribution is 2.26. The van der Waals surface area contributed by atoms with Gasteiger partial charge in [0.1, 0.15) is 5.75 Å². The van der Waals surface area contributed by atoms with Crippen LogP contribution in [-0.2, 0) is 10.0 Å². The molecule has 30 heavy (non-hydrogen) atoms. The van der Waals surface area contributed by atoms with Crippen LogP contribution >= 0.6 is 0 Å². The van der Waals surface area contributed by atoms with Crippen LogP contribution < -0.4 is 9.46 Å². The molecule has 0 bridgehead atoms. The number of fused-ring (bicyclic) bond motifs is 1. The highest BCUT2D eigenvalue weighted by atomic mass is 32.2. The number of hydrogen-bond acceptors (Lipinski definition) is 5. The minimum absolute atomic E-state index is 0.201. The number of nitrogens with one attached hydrogen (secondary N) is 1. The number of hydrogen-bond donors (Lipinski definition) is 1. The zero-order chi connectivity index (χ0) is 21.4. The Labute approximate surface area is 168 Å². The van der Waals surface area contributed by atoms with Gasteiger partial charge in [-0.15, -0.1) is 13.2 Å². The molecule has 0 unspecified atom stereocenters. The topological polar surface area (TPSA) is 85.6 Å². The Morgan fingerprint density at radius 3 is 2.33 bits per heavy atom. The standard InChI is InChI=1S/C19H13F3N4O3S/c20-19(21,22)29-15-6-8-16(9-7-15)30(27,28)25-14-4-2-13(3-5-14)17-12-26-11-1-10-23-18(26)24-17/h1-12,25H. The second kappa shape index (κ2) is 7.34. The molecule has 0 aliphatic heterocycles. The monoisotopic (exact) mass is 434 g/mol. The number of imidazole rings is 1. The summed E-state index contributed by atoms with van der Waals surface area (Å²) in [6, 6.07) is 12.2. The van der Waals surface area contributed by atoms with E-state index in [9.17, 15) is 21.6 Å². The Morgan fingerprint density at radius 1 is 1.00 bits per heavy atom. The quantitative estimate of drug-likeness (QED) is 0.511. The minimum atomic E-state index is -4.85. The molecule has 0 atom stereocenters. The van der Waals surface area contributed by atoms with Gasteiger partial charge in [-0.3, -0.25) is 9.12 Å². The lowest BCUT2D eigenvalue weighted by Gasteiger charge is -2.11. The molecule has 2 aromatic heterocycles. The Hall–Kier alpha value is -3.60. The first-order valence-electron chi connectivity index (χ1n) is 8.48. The first kappa shape index (κ1) is 19.7. The van der Waals surface area contributed by atoms with Crippen molar-refractivity contribution >= 4 is 21.5 Å². The summed E-state index contributed by atoms with van der Waals surface area (Å²) in [6.45, 7) is 0. The van der Waals surface area contributed by atoms with Crippen molar-refractivity contribution < 1.29 is 26.3 Å². The first-order chi connectivity index (χ1) is 14.2. The van der Waals surface area contributed by atoms with Gasteiger partial charge in [-0.2, -0.15) is 0 Å². The largest absolute Gasteiger partial charge is 0.573 e. The van der Waals surface area contributed by atoms with Gasteiger partial charge in [-0.05, 0) is 42.5 Å². The van der Waals surface area contributed by atoms with E-state index in [-0.39, 0.29) is 10.6 Å². The van der Waals surface area contributed by atoms with Gasteiger partial charge >= 0.3 is 6.36 Å². The number of halogens is 3. The molecule has 0 aliphatic rings. The summed E-state index contributed by atoms with van der Waals surface area (Å²) in [4.78, 5) is 8.33. The Bertz CT molecular complexity index is 1250. The SMILES string of the molecule is O=S(=O)(Nc1ccc(-c2cn3cccnc3n2)cc1)c1ccc(OC(F)(F)F)cc1. The van der Waals surface area contributed by atoms with Gasteiger partial charge in [0, 0.05) is 29.8 Å². The minimum Gasteiger partial charge on any atom is -0.406 e. The Morgan fingerprint density at radius 2 is 1.70 bits per heavy atom. The molecule has 0 amide bonds. The average molecular weight is 434 g/mol. The lowest BCUT2D eigenvalue weighted by Crippen LogP contribution is -2.17. The third-order valence-electron chi connectivity index (χ3n) is 4.04. The summed E-state index contributed by atoms with van der Waals surface area (Å²) in [5.74, 6) is 0.0305. The lowest BCUT2D eigenvalue weighted by molar-refractivity contribution is -0.274. The average Bonchev–Trinajstić information content (AvgIpc) is 3.12. The van der Waals surface area contributed by atoms with E-state index in [1.165, 1.54) is 0 Å². The molecule has 2 aromatic carbocycles. The molecule has 11 heteroatoms. The van der Waals surface area contributed by atoms with Crippen LogP contribution in [0.1, 0.15) is 0 Å². The highest BCUT2D eigenvalue weighted by molar-refractivity contribution is 7.92. The fraction of sp³-hybridized carbons (Fsp3) is 0.0526. The van der Waals surface area contributed by atoms with Crippen LogP contribution in [0.15, 0.2) is 78.1 Å². The molecule has 1 N–H and O–H groups in total. The Balaban J connectivity index is 1.50. The van der Waals surface area contributed by atoms with E-state index < -0.39 is 22.1 Å². The smallest absolute Gasteiger partial charge is 0.406 e. The van der Waals surface area contributed by atoms with E-state index >= 15 is 0 Å². The fourth-order valence-electron chi connectivity index (χ4n) is 2.71. The van der Waals surface area contributed by atoms with Crippen LogP contribution in [0.3, 0.4) is 0 Å². The predicted octanol–water partition coefficient (Wildman–Crippen LogP) is 4.10. The van der Waals surface area contributed by atoms with Gasteiger partial charge in [-0.1, -0.05) is 12.1 Å². The van der Waals surface area contributed by atoms with Crippen molar-refractivity contribution in [2.45, 2.75) is 11.3 Å². The molecule has 7 nitrogen and oxygen atoms in total. The maximum atomic E-state index is 12.5. The number of sulfonamides is 1. The summed E-state index contributed by atoms with van der Waals surface area (Å²) in [6.07, 6.45) is 0.390. The second-order valence-corrected chi connectivity index (χ2v) is 7.84.